The Morgan fingerprint density at radius 3 is 2.40 bits per heavy atom. The molecule has 9 nitrogen and oxygen atoms in total. The van der Waals surface area contributed by atoms with Crippen LogP contribution in [0.25, 0.3) is 22.8 Å². The van der Waals surface area contributed by atoms with Crippen molar-refractivity contribution in [2.24, 2.45) is 0 Å². The molecule has 7 rings (SSSR count). The normalized spacial score (nSPS) is 24.3. The Morgan fingerprint density at radius 2 is 1.67 bits per heavy atom. The zero-order valence-corrected chi connectivity index (χ0v) is 23.1. The first kappa shape index (κ1) is 26.8. The Labute approximate surface area is 240 Å². The van der Waals surface area contributed by atoms with Gasteiger partial charge in [0.15, 0.2) is 11.6 Å². The number of halogens is 3. The van der Waals surface area contributed by atoms with Crippen LogP contribution in [0.15, 0.2) is 63.7 Å². The first-order valence-corrected chi connectivity index (χ1v) is 14.3. The lowest BCUT2D eigenvalue weighted by atomic mass is 9.82. The van der Waals surface area contributed by atoms with Crippen molar-refractivity contribution in [2.75, 3.05) is 22.9 Å². The van der Waals surface area contributed by atoms with Gasteiger partial charge >= 0.3 is 6.36 Å². The molecule has 3 aliphatic rings. The van der Waals surface area contributed by atoms with Crippen LogP contribution < -0.4 is 19.9 Å². The highest BCUT2D eigenvalue weighted by Crippen LogP contribution is 2.39. The molecular formula is C30H31F3N6O3. The Balaban J connectivity index is 1.10. The second-order valence-electron chi connectivity index (χ2n) is 11.2. The minimum absolute atomic E-state index is 0.204. The summed E-state index contributed by atoms with van der Waals surface area (Å²) in [6.07, 6.45) is 2.34. The van der Waals surface area contributed by atoms with Crippen LogP contribution in [0.2, 0.25) is 0 Å². The standard InChI is InChI=1S/C30H31F3N6O3/c1-18-35-28(42-37-18)20-6-10-21(11-7-20)38-15-14-26-24(17-38)36-23-4-2-3-5-25(23)39(26)29-34-16-27(40-29)19-8-12-22(13-9-19)41-30(31,32)33/h6-13,16,23-26,36H,2-5,14-15,17H2,1H3. The Bertz CT molecular complexity index is 1520. The molecule has 2 aromatic heterocycles. The molecule has 12 heteroatoms. The van der Waals surface area contributed by atoms with Crippen LogP contribution in [0.5, 0.6) is 5.75 Å². The lowest BCUT2D eigenvalue weighted by molar-refractivity contribution is -0.274. The maximum atomic E-state index is 12.6. The zero-order valence-electron chi connectivity index (χ0n) is 23.1. The molecule has 4 atom stereocenters. The van der Waals surface area contributed by atoms with E-state index in [4.69, 9.17) is 8.94 Å². The van der Waals surface area contributed by atoms with E-state index in [0.29, 0.717) is 35.1 Å². The molecule has 2 saturated heterocycles. The number of aryl methyl sites for hydroxylation is 1. The van der Waals surface area contributed by atoms with Gasteiger partial charge in [-0.25, -0.2) is 4.98 Å². The summed E-state index contributed by atoms with van der Waals surface area (Å²) in [7, 11) is 0. The Kier molecular flexibility index (Phi) is 6.80. The molecule has 1 saturated carbocycles. The summed E-state index contributed by atoms with van der Waals surface area (Å²) in [6.45, 7) is 3.53. The molecule has 1 N–H and O–H groups in total. The fourth-order valence-corrected chi connectivity index (χ4v) is 6.68. The first-order valence-electron chi connectivity index (χ1n) is 14.3. The van der Waals surface area contributed by atoms with Crippen LogP contribution in [0.1, 0.15) is 37.9 Å². The molecule has 220 valence electrons. The van der Waals surface area contributed by atoms with Crippen LogP contribution in [-0.4, -0.2) is 58.7 Å². The van der Waals surface area contributed by atoms with Gasteiger partial charge in [0.05, 0.1) is 12.2 Å². The second kappa shape index (κ2) is 10.6. The molecule has 4 aromatic rings. The molecule has 0 amide bonds. The minimum atomic E-state index is -4.73. The van der Waals surface area contributed by atoms with Gasteiger partial charge in [-0.3, -0.25) is 0 Å². The molecule has 0 radical (unpaired) electrons. The maximum absolute atomic E-state index is 12.6. The number of aromatic nitrogens is 3. The highest BCUT2D eigenvalue weighted by molar-refractivity contribution is 5.61. The van der Waals surface area contributed by atoms with E-state index < -0.39 is 6.36 Å². The SMILES string of the molecule is Cc1noc(-c2ccc(N3CCC4C(C3)NC3CCCCC3N4c3ncc(-c4ccc(OC(F)(F)F)cc4)o3)cc2)n1. The van der Waals surface area contributed by atoms with E-state index in [0.717, 1.165) is 50.0 Å². The van der Waals surface area contributed by atoms with Crippen molar-refractivity contribution < 1.29 is 26.8 Å². The summed E-state index contributed by atoms with van der Waals surface area (Å²) < 4.78 is 53.3. The molecule has 2 aromatic carbocycles. The fraction of sp³-hybridized carbons (Fsp3) is 0.433. The fourth-order valence-electron chi connectivity index (χ4n) is 6.68. The van der Waals surface area contributed by atoms with E-state index in [1.165, 1.54) is 18.6 Å². The zero-order chi connectivity index (χ0) is 28.8. The summed E-state index contributed by atoms with van der Waals surface area (Å²) in [5.74, 6) is 1.37. The highest BCUT2D eigenvalue weighted by atomic mass is 19.4. The molecule has 42 heavy (non-hydrogen) atoms. The number of ether oxygens (including phenoxy) is 1. The number of piperazine rings is 1. The number of nitrogens with zero attached hydrogens (tertiary/aromatic N) is 5. The number of hydrogen-bond acceptors (Lipinski definition) is 9. The van der Waals surface area contributed by atoms with Crippen molar-refractivity contribution in [1.29, 1.82) is 0 Å². The van der Waals surface area contributed by atoms with E-state index in [1.54, 1.807) is 25.3 Å². The van der Waals surface area contributed by atoms with Crippen LogP contribution in [0.3, 0.4) is 0 Å². The molecule has 4 heterocycles. The van der Waals surface area contributed by atoms with Crippen molar-refractivity contribution in [2.45, 2.75) is 69.6 Å². The topological polar surface area (TPSA) is 92.7 Å². The van der Waals surface area contributed by atoms with Crippen molar-refractivity contribution in [1.82, 2.24) is 20.4 Å². The van der Waals surface area contributed by atoms with Crippen LogP contribution >= 0.6 is 0 Å². The van der Waals surface area contributed by atoms with Crippen LogP contribution in [0.4, 0.5) is 24.9 Å². The van der Waals surface area contributed by atoms with Gasteiger partial charge in [0.1, 0.15) is 5.75 Å². The van der Waals surface area contributed by atoms with Crippen LogP contribution in [-0.2, 0) is 0 Å². The quantitative estimate of drug-likeness (QED) is 0.307. The monoisotopic (exact) mass is 580 g/mol. The summed E-state index contributed by atoms with van der Waals surface area (Å²) in [4.78, 5) is 13.8. The van der Waals surface area contributed by atoms with Gasteiger partial charge < -0.3 is 28.8 Å². The van der Waals surface area contributed by atoms with Crippen molar-refractivity contribution in [3.63, 3.8) is 0 Å². The number of alkyl halides is 3. The lowest BCUT2D eigenvalue weighted by Crippen LogP contribution is -2.72. The maximum Gasteiger partial charge on any atom is 0.573 e. The molecule has 4 unspecified atom stereocenters. The lowest BCUT2D eigenvalue weighted by Gasteiger charge is -2.55. The molecular weight excluding hydrogens is 549 g/mol. The van der Waals surface area contributed by atoms with Gasteiger partial charge in [-0.2, -0.15) is 4.98 Å². The highest BCUT2D eigenvalue weighted by Gasteiger charge is 2.47. The number of rotatable bonds is 5. The predicted octanol–water partition coefficient (Wildman–Crippen LogP) is 5.97. The van der Waals surface area contributed by atoms with Crippen LogP contribution in [0, 0.1) is 6.92 Å². The third-order valence-corrected chi connectivity index (χ3v) is 8.54. The van der Waals surface area contributed by atoms with Gasteiger partial charge in [-0.1, -0.05) is 18.0 Å². The predicted molar refractivity (Wildman–Crippen MR) is 149 cm³/mol. The summed E-state index contributed by atoms with van der Waals surface area (Å²) >= 11 is 0. The smallest absolute Gasteiger partial charge is 0.423 e. The van der Waals surface area contributed by atoms with Crippen molar-refractivity contribution >= 4 is 11.7 Å². The summed E-state index contributed by atoms with van der Waals surface area (Å²) in [6, 6.07) is 15.5. The van der Waals surface area contributed by atoms with Gasteiger partial charge in [-0.05, 0) is 74.7 Å². The Hall–Kier alpha value is -4.06. The van der Waals surface area contributed by atoms with Crippen molar-refractivity contribution in [3.05, 3.63) is 60.6 Å². The summed E-state index contributed by atoms with van der Waals surface area (Å²) in [5.41, 5.74) is 2.68. The summed E-state index contributed by atoms with van der Waals surface area (Å²) in [5, 5.41) is 7.85. The largest absolute Gasteiger partial charge is 0.573 e. The number of anilines is 2. The Morgan fingerprint density at radius 1 is 0.929 bits per heavy atom. The number of oxazole rings is 1. The van der Waals surface area contributed by atoms with E-state index in [-0.39, 0.29) is 23.9 Å². The van der Waals surface area contributed by atoms with E-state index in [9.17, 15) is 13.2 Å². The molecule has 1 aliphatic carbocycles. The van der Waals surface area contributed by atoms with E-state index >= 15 is 0 Å². The van der Waals surface area contributed by atoms with Gasteiger partial charge in [0.25, 0.3) is 11.9 Å². The van der Waals surface area contributed by atoms with Gasteiger partial charge in [0.2, 0.25) is 0 Å². The number of fused-ring (bicyclic) bond motifs is 2. The third kappa shape index (κ3) is 5.31. The number of nitrogens with one attached hydrogen (secondary N) is 1. The number of piperidine rings is 1. The second-order valence-corrected chi connectivity index (χ2v) is 11.2. The van der Waals surface area contributed by atoms with E-state index in [2.05, 4.69) is 47.1 Å². The molecule has 2 aliphatic heterocycles. The van der Waals surface area contributed by atoms with E-state index in [1.807, 2.05) is 12.1 Å². The minimum Gasteiger partial charge on any atom is -0.423 e. The first-order chi connectivity index (χ1) is 20.3. The third-order valence-electron chi connectivity index (χ3n) is 8.54. The van der Waals surface area contributed by atoms with Gasteiger partial charge in [0, 0.05) is 48.0 Å². The average molecular weight is 581 g/mol. The number of benzene rings is 2. The number of hydrogen-bond donors (Lipinski definition) is 1. The average Bonchev–Trinajstić information content (AvgIpc) is 3.65. The molecule has 0 spiro atoms. The van der Waals surface area contributed by atoms with Crippen molar-refractivity contribution in [3.8, 4) is 28.5 Å². The molecule has 3 fully saturated rings. The molecule has 0 bridgehead atoms. The van der Waals surface area contributed by atoms with Gasteiger partial charge in [-0.15, -0.1) is 13.2 Å².